The highest BCUT2D eigenvalue weighted by Crippen LogP contribution is 2.36. The molecule has 2 aromatic rings. The SMILES string of the molecule is C=C(C)C1=CCC(c2ccc(O)c3ccccc23)OB1O. The molecule has 0 aromatic heterocycles. The zero-order valence-electron chi connectivity index (χ0n) is 11.9. The van der Waals surface area contributed by atoms with E-state index in [-0.39, 0.29) is 11.9 Å². The summed E-state index contributed by atoms with van der Waals surface area (Å²) in [7, 11) is -0.950. The van der Waals surface area contributed by atoms with E-state index >= 15 is 0 Å². The number of fused-ring (bicyclic) bond motifs is 1. The molecule has 0 radical (unpaired) electrons. The Balaban J connectivity index is 2.03. The maximum Gasteiger partial charge on any atom is 0.491 e. The van der Waals surface area contributed by atoms with Crippen molar-refractivity contribution in [3.05, 3.63) is 65.7 Å². The van der Waals surface area contributed by atoms with E-state index in [2.05, 4.69) is 6.58 Å². The van der Waals surface area contributed by atoms with Crippen LogP contribution in [0, 0.1) is 0 Å². The van der Waals surface area contributed by atoms with Gasteiger partial charge in [-0.1, -0.05) is 48.6 Å². The Bertz CT molecular complexity index is 736. The van der Waals surface area contributed by atoms with Crippen LogP contribution < -0.4 is 0 Å². The van der Waals surface area contributed by atoms with Crippen molar-refractivity contribution < 1.29 is 14.8 Å². The normalized spacial score (nSPS) is 18.7. The summed E-state index contributed by atoms with van der Waals surface area (Å²) in [5, 5.41) is 21.8. The van der Waals surface area contributed by atoms with E-state index in [9.17, 15) is 10.1 Å². The Morgan fingerprint density at radius 3 is 2.62 bits per heavy atom. The summed E-state index contributed by atoms with van der Waals surface area (Å²) >= 11 is 0. The lowest BCUT2D eigenvalue weighted by atomic mass is 9.71. The first-order valence-electron chi connectivity index (χ1n) is 6.98. The average Bonchev–Trinajstić information content (AvgIpc) is 2.47. The first-order valence-corrected chi connectivity index (χ1v) is 6.98. The number of aromatic hydroxyl groups is 1. The van der Waals surface area contributed by atoms with Gasteiger partial charge in [-0.15, -0.1) is 0 Å². The summed E-state index contributed by atoms with van der Waals surface area (Å²) in [5.74, 6) is 0.254. The minimum atomic E-state index is -0.950. The fourth-order valence-corrected chi connectivity index (χ4v) is 2.79. The van der Waals surface area contributed by atoms with Gasteiger partial charge in [0.25, 0.3) is 0 Å². The lowest BCUT2D eigenvalue weighted by Gasteiger charge is -2.26. The fraction of sp³-hybridized carbons (Fsp3) is 0.176. The van der Waals surface area contributed by atoms with Gasteiger partial charge in [-0.25, -0.2) is 0 Å². The van der Waals surface area contributed by atoms with E-state index in [0.717, 1.165) is 27.4 Å². The molecule has 21 heavy (non-hydrogen) atoms. The van der Waals surface area contributed by atoms with Crippen molar-refractivity contribution in [2.75, 3.05) is 0 Å². The van der Waals surface area contributed by atoms with Gasteiger partial charge in [0.2, 0.25) is 0 Å². The topological polar surface area (TPSA) is 49.7 Å². The zero-order chi connectivity index (χ0) is 15.0. The van der Waals surface area contributed by atoms with Crippen LogP contribution in [0.2, 0.25) is 0 Å². The van der Waals surface area contributed by atoms with Gasteiger partial charge in [-0.3, -0.25) is 0 Å². The number of benzene rings is 2. The van der Waals surface area contributed by atoms with E-state index in [1.807, 2.05) is 43.3 Å². The molecule has 0 fully saturated rings. The second-order valence-corrected chi connectivity index (χ2v) is 5.37. The maximum atomic E-state index is 10.1. The lowest BCUT2D eigenvalue weighted by molar-refractivity contribution is 0.170. The first-order chi connectivity index (χ1) is 10.1. The van der Waals surface area contributed by atoms with E-state index in [1.165, 1.54) is 0 Å². The molecular formula is C17H17BO3. The Labute approximate surface area is 124 Å². The van der Waals surface area contributed by atoms with Gasteiger partial charge in [0.1, 0.15) is 5.75 Å². The monoisotopic (exact) mass is 280 g/mol. The van der Waals surface area contributed by atoms with Gasteiger partial charge in [0.05, 0.1) is 6.10 Å². The quantitative estimate of drug-likeness (QED) is 0.827. The summed E-state index contributed by atoms with van der Waals surface area (Å²) in [5.41, 5.74) is 2.53. The van der Waals surface area contributed by atoms with E-state index < -0.39 is 7.12 Å². The molecule has 1 unspecified atom stereocenters. The van der Waals surface area contributed by atoms with Crippen LogP contribution in [0.3, 0.4) is 0 Å². The average molecular weight is 280 g/mol. The van der Waals surface area contributed by atoms with Gasteiger partial charge in [0.15, 0.2) is 0 Å². The molecular weight excluding hydrogens is 263 g/mol. The van der Waals surface area contributed by atoms with Gasteiger partial charge in [0, 0.05) is 5.39 Å². The van der Waals surface area contributed by atoms with Crippen LogP contribution in [0.15, 0.2) is 60.1 Å². The third-order valence-electron chi connectivity index (χ3n) is 3.89. The molecule has 1 aliphatic heterocycles. The minimum absolute atomic E-state index is 0.228. The molecule has 1 aliphatic rings. The second kappa shape index (κ2) is 5.39. The highest BCUT2D eigenvalue weighted by molar-refractivity contribution is 6.54. The summed E-state index contributed by atoms with van der Waals surface area (Å²) < 4.78 is 5.74. The molecule has 0 amide bonds. The third-order valence-corrected chi connectivity index (χ3v) is 3.89. The van der Waals surface area contributed by atoms with Crippen LogP contribution in [-0.2, 0) is 4.65 Å². The Hall–Kier alpha value is -2.04. The summed E-state index contributed by atoms with van der Waals surface area (Å²) in [6, 6.07) is 11.2. The van der Waals surface area contributed by atoms with Crippen molar-refractivity contribution >= 4 is 17.9 Å². The number of phenolic OH excluding ortho intramolecular Hbond substituents is 1. The Morgan fingerprint density at radius 2 is 1.95 bits per heavy atom. The van der Waals surface area contributed by atoms with E-state index in [4.69, 9.17) is 4.65 Å². The Kier molecular flexibility index (Phi) is 3.58. The highest BCUT2D eigenvalue weighted by Gasteiger charge is 2.30. The number of hydrogen-bond donors (Lipinski definition) is 2. The van der Waals surface area contributed by atoms with Crippen molar-refractivity contribution in [3.63, 3.8) is 0 Å². The molecule has 0 saturated heterocycles. The van der Waals surface area contributed by atoms with Crippen LogP contribution in [0.25, 0.3) is 10.8 Å². The van der Waals surface area contributed by atoms with Gasteiger partial charge >= 0.3 is 7.12 Å². The molecule has 3 rings (SSSR count). The van der Waals surface area contributed by atoms with Crippen LogP contribution in [0.4, 0.5) is 0 Å². The summed E-state index contributed by atoms with van der Waals surface area (Å²) in [4.78, 5) is 0. The summed E-state index contributed by atoms with van der Waals surface area (Å²) in [6.07, 6.45) is 2.42. The molecule has 0 spiro atoms. The zero-order valence-corrected chi connectivity index (χ0v) is 11.9. The molecule has 0 aliphatic carbocycles. The fourth-order valence-electron chi connectivity index (χ4n) is 2.79. The van der Waals surface area contributed by atoms with E-state index in [1.54, 1.807) is 6.07 Å². The van der Waals surface area contributed by atoms with Crippen molar-refractivity contribution in [1.29, 1.82) is 0 Å². The Morgan fingerprint density at radius 1 is 1.24 bits per heavy atom. The van der Waals surface area contributed by atoms with Crippen molar-refractivity contribution in [2.45, 2.75) is 19.4 Å². The molecule has 0 saturated carbocycles. The first kappa shape index (κ1) is 13.9. The summed E-state index contributed by atoms with van der Waals surface area (Å²) in [6.45, 7) is 5.70. The molecule has 106 valence electrons. The van der Waals surface area contributed by atoms with E-state index in [0.29, 0.717) is 6.42 Å². The van der Waals surface area contributed by atoms with Crippen molar-refractivity contribution in [2.24, 2.45) is 0 Å². The predicted octanol–water partition coefficient (Wildman–Crippen LogP) is 3.53. The smallest absolute Gasteiger partial charge is 0.491 e. The number of hydrogen-bond acceptors (Lipinski definition) is 3. The maximum absolute atomic E-state index is 10.1. The number of allylic oxidation sites excluding steroid dienone is 2. The predicted molar refractivity (Wildman–Crippen MR) is 84.9 cm³/mol. The molecule has 2 aromatic carbocycles. The van der Waals surface area contributed by atoms with Crippen LogP contribution in [-0.4, -0.2) is 17.2 Å². The third kappa shape index (κ3) is 2.48. The second-order valence-electron chi connectivity index (χ2n) is 5.37. The van der Waals surface area contributed by atoms with Crippen LogP contribution >= 0.6 is 0 Å². The number of rotatable bonds is 2. The molecule has 3 nitrogen and oxygen atoms in total. The van der Waals surface area contributed by atoms with Crippen LogP contribution in [0.5, 0.6) is 5.75 Å². The standard InChI is InChI=1S/C17H17BO3/c1-11(2)15-8-10-17(21-18(15)20)14-7-9-16(19)13-6-4-3-5-12(13)14/h3-9,17,19-20H,1,10H2,2H3. The molecule has 4 heteroatoms. The molecule has 1 heterocycles. The van der Waals surface area contributed by atoms with Gasteiger partial charge in [-0.05, 0) is 35.8 Å². The van der Waals surface area contributed by atoms with Crippen molar-refractivity contribution in [3.8, 4) is 5.75 Å². The number of phenols is 1. The lowest BCUT2D eigenvalue weighted by Crippen LogP contribution is -2.28. The molecule has 0 bridgehead atoms. The largest absolute Gasteiger partial charge is 0.507 e. The van der Waals surface area contributed by atoms with Gasteiger partial charge in [-0.2, -0.15) is 0 Å². The van der Waals surface area contributed by atoms with Crippen LogP contribution in [0.1, 0.15) is 25.0 Å². The van der Waals surface area contributed by atoms with Gasteiger partial charge < -0.3 is 14.8 Å². The highest BCUT2D eigenvalue weighted by atomic mass is 16.5. The molecule has 1 atom stereocenters. The minimum Gasteiger partial charge on any atom is -0.507 e. The van der Waals surface area contributed by atoms with Crippen molar-refractivity contribution in [1.82, 2.24) is 0 Å². The molecule has 2 N–H and O–H groups in total.